The fraction of sp³-hybridized carbons (Fsp3) is 0.300. The number of aromatic nitrogens is 1. The van der Waals surface area contributed by atoms with Crippen LogP contribution in [0.5, 0.6) is 0 Å². The average molecular weight is 322 g/mol. The number of nitrogens with one attached hydrogen (secondary N) is 1. The molecule has 0 unspecified atom stereocenters. The van der Waals surface area contributed by atoms with E-state index in [0.29, 0.717) is 12.2 Å². The summed E-state index contributed by atoms with van der Waals surface area (Å²) >= 11 is 0. The first-order chi connectivity index (χ1) is 11.8. The van der Waals surface area contributed by atoms with Crippen molar-refractivity contribution in [3.63, 3.8) is 0 Å². The highest BCUT2D eigenvalue weighted by Crippen LogP contribution is 2.11. The molecule has 0 saturated carbocycles. The van der Waals surface area contributed by atoms with Crippen molar-refractivity contribution in [3.8, 4) is 11.8 Å². The second-order valence-electron chi connectivity index (χ2n) is 5.20. The molecule has 1 aromatic carbocycles. The Kier molecular flexibility index (Phi) is 7.36. The summed E-state index contributed by atoms with van der Waals surface area (Å²) in [5, 5.41) is 3.34. The van der Waals surface area contributed by atoms with Crippen LogP contribution in [0.2, 0.25) is 0 Å². The van der Waals surface area contributed by atoms with Gasteiger partial charge in [-0.2, -0.15) is 0 Å². The van der Waals surface area contributed by atoms with Gasteiger partial charge in [-0.05, 0) is 62.1 Å². The van der Waals surface area contributed by atoms with Gasteiger partial charge in [-0.1, -0.05) is 12.0 Å². The molecule has 0 amide bonds. The van der Waals surface area contributed by atoms with Crippen LogP contribution in [-0.2, 0) is 4.74 Å². The maximum atomic E-state index is 11.6. The molecule has 24 heavy (non-hydrogen) atoms. The first-order valence-corrected chi connectivity index (χ1v) is 8.20. The van der Waals surface area contributed by atoms with E-state index in [2.05, 4.69) is 22.1 Å². The Bertz CT molecular complexity index is 685. The van der Waals surface area contributed by atoms with Crippen LogP contribution in [0.4, 0.5) is 5.69 Å². The third-order valence-corrected chi connectivity index (χ3v) is 3.34. The number of rotatable bonds is 7. The number of hydrogen-bond donors (Lipinski definition) is 1. The van der Waals surface area contributed by atoms with Gasteiger partial charge in [-0.15, -0.1) is 0 Å². The van der Waals surface area contributed by atoms with E-state index in [1.165, 1.54) is 0 Å². The Morgan fingerprint density at radius 2 is 2.00 bits per heavy atom. The van der Waals surface area contributed by atoms with Crippen molar-refractivity contribution in [2.75, 3.05) is 18.5 Å². The number of carbonyl (C=O) groups is 1. The Morgan fingerprint density at radius 3 is 2.71 bits per heavy atom. The highest BCUT2D eigenvalue weighted by atomic mass is 16.5. The molecular weight excluding hydrogens is 300 g/mol. The third kappa shape index (κ3) is 6.13. The van der Waals surface area contributed by atoms with Crippen LogP contribution in [0, 0.1) is 11.8 Å². The number of ether oxygens (including phenoxy) is 1. The molecule has 0 aliphatic heterocycles. The highest BCUT2D eigenvalue weighted by Gasteiger charge is 2.04. The van der Waals surface area contributed by atoms with E-state index in [0.717, 1.165) is 37.2 Å². The second-order valence-corrected chi connectivity index (χ2v) is 5.20. The topological polar surface area (TPSA) is 51.2 Å². The zero-order valence-corrected chi connectivity index (χ0v) is 13.9. The number of esters is 1. The van der Waals surface area contributed by atoms with Gasteiger partial charge in [0.05, 0.1) is 12.2 Å². The number of unbranched alkanes of at least 4 members (excludes halogenated alkanes) is 2. The molecule has 0 spiro atoms. The zero-order chi connectivity index (χ0) is 17.0. The fourth-order valence-corrected chi connectivity index (χ4v) is 2.10. The van der Waals surface area contributed by atoms with Crippen LogP contribution >= 0.6 is 0 Å². The summed E-state index contributed by atoms with van der Waals surface area (Å²) in [6, 6.07) is 13.1. The summed E-state index contributed by atoms with van der Waals surface area (Å²) in [5.41, 5.74) is 2.40. The van der Waals surface area contributed by atoms with Crippen molar-refractivity contribution in [2.24, 2.45) is 0 Å². The van der Waals surface area contributed by atoms with E-state index in [4.69, 9.17) is 4.74 Å². The lowest BCUT2D eigenvalue weighted by Crippen LogP contribution is -2.05. The lowest BCUT2D eigenvalue weighted by Gasteiger charge is -2.06. The van der Waals surface area contributed by atoms with E-state index in [9.17, 15) is 4.79 Å². The maximum Gasteiger partial charge on any atom is 0.338 e. The van der Waals surface area contributed by atoms with E-state index in [1.54, 1.807) is 25.3 Å². The Morgan fingerprint density at radius 1 is 1.17 bits per heavy atom. The van der Waals surface area contributed by atoms with Crippen molar-refractivity contribution in [1.82, 2.24) is 4.98 Å². The average Bonchev–Trinajstić information content (AvgIpc) is 2.62. The molecule has 4 heteroatoms. The molecular formula is C20H22N2O2. The van der Waals surface area contributed by atoms with E-state index < -0.39 is 0 Å². The van der Waals surface area contributed by atoms with Crippen LogP contribution in [-0.4, -0.2) is 24.1 Å². The number of pyridine rings is 1. The summed E-state index contributed by atoms with van der Waals surface area (Å²) in [6.45, 7) is 3.07. The monoisotopic (exact) mass is 322 g/mol. The molecule has 124 valence electrons. The number of nitrogens with zero attached hydrogens (tertiary/aromatic N) is 1. The Balaban J connectivity index is 1.64. The van der Waals surface area contributed by atoms with E-state index >= 15 is 0 Å². The van der Waals surface area contributed by atoms with Crippen molar-refractivity contribution in [1.29, 1.82) is 0 Å². The van der Waals surface area contributed by atoms with Gasteiger partial charge in [-0.3, -0.25) is 0 Å². The second kappa shape index (κ2) is 10.1. The van der Waals surface area contributed by atoms with Crippen LogP contribution < -0.4 is 5.32 Å². The number of hydrogen-bond acceptors (Lipinski definition) is 4. The van der Waals surface area contributed by atoms with Gasteiger partial charge in [-0.25, -0.2) is 9.78 Å². The number of benzene rings is 1. The van der Waals surface area contributed by atoms with Gasteiger partial charge in [0.15, 0.2) is 0 Å². The largest absolute Gasteiger partial charge is 0.462 e. The van der Waals surface area contributed by atoms with E-state index in [1.807, 2.05) is 30.3 Å². The molecule has 0 bridgehead atoms. The molecule has 2 rings (SSSR count). The number of anilines is 1. The normalized spacial score (nSPS) is 9.71. The predicted octanol–water partition coefficient (Wildman–Crippen LogP) is 3.89. The minimum absolute atomic E-state index is 0.282. The molecule has 0 fully saturated rings. The van der Waals surface area contributed by atoms with Crippen LogP contribution in [0.25, 0.3) is 0 Å². The van der Waals surface area contributed by atoms with Gasteiger partial charge >= 0.3 is 5.97 Å². The Hall–Kier alpha value is -2.80. The first-order valence-electron chi connectivity index (χ1n) is 8.20. The smallest absolute Gasteiger partial charge is 0.338 e. The van der Waals surface area contributed by atoms with Crippen molar-refractivity contribution >= 4 is 11.7 Å². The minimum Gasteiger partial charge on any atom is -0.462 e. The fourth-order valence-electron chi connectivity index (χ4n) is 2.10. The molecule has 0 radical (unpaired) electrons. The molecule has 0 aliphatic rings. The van der Waals surface area contributed by atoms with Crippen molar-refractivity contribution in [2.45, 2.75) is 26.2 Å². The summed E-state index contributed by atoms with van der Waals surface area (Å²) in [7, 11) is 0. The molecule has 1 N–H and O–H groups in total. The van der Waals surface area contributed by atoms with Gasteiger partial charge in [0.2, 0.25) is 0 Å². The third-order valence-electron chi connectivity index (χ3n) is 3.34. The van der Waals surface area contributed by atoms with E-state index in [-0.39, 0.29) is 5.97 Å². The molecule has 0 atom stereocenters. The molecule has 0 saturated heterocycles. The molecule has 0 aliphatic carbocycles. The highest BCUT2D eigenvalue weighted by molar-refractivity contribution is 5.89. The van der Waals surface area contributed by atoms with Crippen molar-refractivity contribution < 1.29 is 9.53 Å². The lowest BCUT2D eigenvalue weighted by atomic mass is 10.2. The summed E-state index contributed by atoms with van der Waals surface area (Å²) in [4.78, 5) is 15.7. The quantitative estimate of drug-likeness (QED) is 0.477. The van der Waals surface area contributed by atoms with Gasteiger partial charge in [0.25, 0.3) is 0 Å². The van der Waals surface area contributed by atoms with Crippen LogP contribution in [0.3, 0.4) is 0 Å². The summed E-state index contributed by atoms with van der Waals surface area (Å²) < 4.78 is 4.96. The van der Waals surface area contributed by atoms with Gasteiger partial charge in [0.1, 0.15) is 5.69 Å². The Labute approximate surface area is 143 Å². The molecule has 2 aromatic rings. The maximum absolute atomic E-state index is 11.6. The molecule has 4 nitrogen and oxygen atoms in total. The molecule has 1 heterocycles. The van der Waals surface area contributed by atoms with Gasteiger partial charge in [0, 0.05) is 24.8 Å². The predicted molar refractivity (Wildman–Crippen MR) is 95.9 cm³/mol. The first kappa shape index (κ1) is 17.6. The summed E-state index contributed by atoms with van der Waals surface area (Å²) in [5.74, 6) is 5.91. The molecule has 1 aromatic heterocycles. The van der Waals surface area contributed by atoms with Crippen molar-refractivity contribution in [3.05, 3.63) is 59.9 Å². The lowest BCUT2D eigenvalue weighted by molar-refractivity contribution is 0.0526. The standard InChI is InChI=1S/C20H22N2O2/c1-2-24-20(23)17-11-13-19(14-12-17)22-15-7-4-3-5-9-18-10-6-8-16-21-18/h6,8,10-14,16,22H,2-4,7,15H2,1H3. The SMILES string of the molecule is CCOC(=O)c1ccc(NCCCCC#Cc2ccccn2)cc1. The van der Waals surface area contributed by atoms with Gasteiger partial charge < -0.3 is 10.1 Å². The van der Waals surface area contributed by atoms with Crippen LogP contribution in [0.1, 0.15) is 42.2 Å². The van der Waals surface area contributed by atoms with Crippen LogP contribution in [0.15, 0.2) is 48.7 Å². The minimum atomic E-state index is -0.282. The number of carbonyl (C=O) groups excluding carboxylic acids is 1. The zero-order valence-electron chi connectivity index (χ0n) is 13.9. The summed E-state index contributed by atoms with van der Waals surface area (Å²) in [6.07, 6.45) is 4.69.